The average molecular weight is 259 g/mol. The van der Waals surface area contributed by atoms with Crippen molar-refractivity contribution < 1.29 is 22.4 Å². The standard InChI is InChI=1S/C11H8F3NO3/c1-5-2-7-9(10(17)15-5)6(3-8(16)18-7)4-11(12,13)14/h3H,1-2,4H2,(H,15,17). The summed E-state index contributed by atoms with van der Waals surface area (Å²) in [5.74, 6) is -0.806. The summed E-state index contributed by atoms with van der Waals surface area (Å²) in [6.45, 7) is 3.48. The third-order valence-electron chi connectivity index (χ3n) is 2.40. The lowest BCUT2D eigenvalue weighted by Gasteiger charge is -2.19. The highest BCUT2D eigenvalue weighted by atomic mass is 19.4. The van der Waals surface area contributed by atoms with E-state index in [1.807, 2.05) is 0 Å². The number of hydrogen-bond acceptors (Lipinski definition) is 3. The van der Waals surface area contributed by atoms with E-state index in [0.717, 1.165) is 0 Å². The van der Waals surface area contributed by atoms with Crippen molar-refractivity contribution in [2.45, 2.75) is 19.0 Å². The van der Waals surface area contributed by atoms with Crippen LogP contribution in [0.15, 0.2) is 27.6 Å². The molecule has 1 amide bonds. The van der Waals surface area contributed by atoms with E-state index in [1.54, 1.807) is 0 Å². The summed E-state index contributed by atoms with van der Waals surface area (Å²) in [6.07, 6.45) is -5.83. The van der Waals surface area contributed by atoms with Gasteiger partial charge in [-0.1, -0.05) is 6.58 Å². The molecule has 2 rings (SSSR count). The SMILES string of the molecule is C=C1Cc2oc(=O)cc(CC(F)(F)F)c2C(=O)N1. The molecule has 0 radical (unpaired) electrons. The normalized spacial score (nSPS) is 15.3. The highest BCUT2D eigenvalue weighted by Crippen LogP contribution is 2.26. The van der Waals surface area contributed by atoms with E-state index in [4.69, 9.17) is 4.42 Å². The predicted molar refractivity (Wildman–Crippen MR) is 55.0 cm³/mol. The monoisotopic (exact) mass is 259 g/mol. The van der Waals surface area contributed by atoms with Crippen LogP contribution >= 0.6 is 0 Å². The minimum atomic E-state index is -4.50. The van der Waals surface area contributed by atoms with Gasteiger partial charge in [0.2, 0.25) is 0 Å². The number of rotatable bonds is 1. The molecule has 0 aromatic carbocycles. The van der Waals surface area contributed by atoms with Crippen molar-refractivity contribution in [3.05, 3.63) is 45.6 Å². The molecule has 1 aromatic rings. The van der Waals surface area contributed by atoms with Crippen molar-refractivity contribution in [3.63, 3.8) is 0 Å². The van der Waals surface area contributed by atoms with Gasteiger partial charge in [0.1, 0.15) is 5.76 Å². The second-order valence-electron chi connectivity index (χ2n) is 3.92. The number of alkyl halides is 3. The fourth-order valence-corrected chi connectivity index (χ4v) is 1.81. The third-order valence-corrected chi connectivity index (χ3v) is 2.40. The first-order valence-corrected chi connectivity index (χ1v) is 4.98. The van der Waals surface area contributed by atoms with Gasteiger partial charge in [0.25, 0.3) is 5.91 Å². The van der Waals surface area contributed by atoms with Crippen LogP contribution in [0.4, 0.5) is 13.2 Å². The van der Waals surface area contributed by atoms with Crippen LogP contribution in [0.3, 0.4) is 0 Å². The van der Waals surface area contributed by atoms with E-state index in [2.05, 4.69) is 11.9 Å². The summed E-state index contributed by atoms with van der Waals surface area (Å²) in [7, 11) is 0. The number of hydrogen-bond donors (Lipinski definition) is 1. The lowest BCUT2D eigenvalue weighted by atomic mass is 9.98. The molecule has 18 heavy (non-hydrogen) atoms. The van der Waals surface area contributed by atoms with Gasteiger partial charge in [-0.3, -0.25) is 4.79 Å². The maximum atomic E-state index is 12.4. The molecule has 0 spiro atoms. The number of carbonyl (C=O) groups is 1. The Bertz CT molecular complexity index is 586. The zero-order valence-electron chi connectivity index (χ0n) is 9.06. The van der Waals surface area contributed by atoms with Crippen molar-refractivity contribution in [1.82, 2.24) is 5.32 Å². The van der Waals surface area contributed by atoms with Crippen LogP contribution in [0.2, 0.25) is 0 Å². The number of halogens is 3. The predicted octanol–water partition coefficient (Wildman–Crippen LogP) is 1.54. The minimum Gasteiger partial charge on any atom is -0.427 e. The molecule has 0 bridgehead atoms. The molecule has 4 nitrogen and oxygen atoms in total. The van der Waals surface area contributed by atoms with Gasteiger partial charge < -0.3 is 9.73 Å². The Morgan fingerprint density at radius 1 is 1.39 bits per heavy atom. The zero-order chi connectivity index (χ0) is 13.5. The van der Waals surface area contributed by atoms with Gasteiger partial charge in [-0.2, -0.15) is 13.2 Å². The molecule has 0 atom stereocenters. The first kappa shape index (κ1) is 12.4. The van der Waals surface area contributed by atoms with Gasteiger partial charge >= 0.3 is 11.8 Å². The second-order valence-corrected chi connectivity index (χ2v) is 3.92. The largest absolute Gasteiger partial charge is 0.427 e. The number of carbonyl (C=O) groups excluding carboxylic acids is 1. The van der Waals surface area contributed by atoms with E-state index in [1.165, 1.54) is 0 Å². The van der Waals surface area contributed by atoms with E-state index in [9.17, 15) is 22.8 Å². The number of nitrogens with one attached hydrogen (secondary N) is 1. The molecule has 7 heteroatoms. The van der Waals surface area contributed by atoms with Gasteiger partial charge in [-0.15, -0.1) is 0 Å². The van der Waals surface area contributed by atoms with Crippen LogP contribution < -0.4 is 10.9 Å². The maximum absolute atomic E-state index is 12.4. The van der Waals surface area contributed by atoms with Crippen molar-refractivity contribution >= 4 is 5.91 Å². The van der Waals surface area contributed by atoms with E-state index >= 15 is 0 Å². The zero-order valence-corrected chi connectivity index (χ0v) is 9.06. The van der Waals surface area contributed by atoms with Crippen LogP contribution in [0.25, 0.3) is 0 Å². The van der Waals surface area contributed by atoms with E-state index in [0.29, 0.717) is 6.07 Å². The maximum Gasteiger partial charge on any atom is 0.393 e. The molecule has 0 saturated carbocycles. The summed E-state index contributed by atoms with van der Waals surface area (Å²) < 4.78 is 41.8. The fourth-order valence-electron chi connectivity index (χ4n) is 1.81. The van der Waals surface area contributed by atoms with Gasteiger partial charge in [0.05, 0.1) is 12.0 Å². The molecular weight excluding hydrogens is 251 g/mol. The lowest BCUT2D eigenvalue weighted by Crippen LogP contribution is -2.33. The summed E-state index contributed by atoms with van der Waals surface area (Å²) >= 11 is 0. The van der Waals surface area contributed by atoms with Crippen molar-refractivity contribution in [2.75, 3.05) is 0 Å². The van der Waals surface area contributed by atoms with Crippen LogP contribution in [0, 0.1) is 0 Å². The minimum absolute atomic E-state index is 0.0159. The van der Waals surface area contributed by atoms with Crippen LogP contribution in [0.1, 0.15) is 21.7 Å². The first-order valence-electron chi connectivity index (χ1n) is 4.98. The van der Waals surface area contributed by atoms with Gasteiger partial charge in [-0.05, 0) is 5.56 Å². The Kier molecular flexibility index (Phi) is 2.76. The summed E-state index contributed by atoms with van der Waals surface area (Å²) in [4.78, 5) is 22.8. The van der Waals surface area contributed by atoms with Crippen LogP contribution in [-0.2, 0) is 12.8 Å². The molecule has 0 saturated heterocycles. The Hall–Kier alpha value is -2.05. The Labute approximate surface area is 99.1 Å². The van der Waals surface area contributed by atoms with Gasteiger partial charge in [0, 0.05) is 18.2 Å². The number of amides is 1. The molecule has 0 aliphatic carbocycles. The van der Waals surface area contributed by atoms with E-state index < -0.39 is 24.1 Å². The van der Waals surface area contributed by atoms with Gasteiger partial charge in [0.15, 0.2) is 0 Å². The fraction of sp³-hybridized carbons (Fsp3) is 0.273. The van der Waals surface area contributed by atoms with Gasteiger partial charge in [-0.25, -0.2) is 4.79 Å². The Morgan fingerprint density at radius 2 is 2.06 bits per heavy atom. The average Bonchev–Trinajstić information content (AvgIpc) is 2.11. The Morgan fingerprint density at radius 3 is 2.67 bits per heavy atom. The quantitative estimate of drug-likeness (QED) is 0.832. The highest BCUT2D eigenvalue weighted by Gasteiger charge is 2.33. The third kappa shape index (κ3) is 2.44. The molecular formula is C11H8F3NO3. The van der Waals surface area contributed by atoms with Crippen molar-refractivity contribution in [2.24, 2.45) is 0 Å². The Balaban J connectivity index is 2.57. The lowest BCUT2D eigenvalue weighted by molar-refractivity contribution is -0.127. The molecule has 1 aliphatic heterocycles. The van der Waals surface area contributed by atoms with Crippen molar-refractivity contribution in [3.8, 4) is 0 Å². The summed E-state index contributed by atoms with van der Waals surface area (Å²) in [5, 5.41) is 2.32. The molecule has 2 heterocycles. The number of allylic oxidation sites excluding steroid dienone is 1. The highest BCUT2D eigenvalue weighted by molar-refractivity contribution is 5.98. The molecule has 1 aliphatic rings. The van der Waals surface area contributed by atoms with E-state index in [-0.39, 0.29) is 29.0 Å². The number of fused-ring (bicyclic) bond motifs is 1. The van der Waals surface area contributed by atoms with Crippen LogP contribution in [0.5, 0.6) is 0 Å². The molecule has 0 fully saturated rings. The first-order chi connectivity index (χ1) is 8.26. The molecule has 96 valence electrons. The topological polar surface area (TPSA) is 59.3 Å². The van der Waals surface area contributed by atoms with Crippen LogP contribution in [-0.4, -0.2) is 12.1 Å². The second kappa shape index (κ2) is 4.01. The van der Waals surface area contributed by atoms with Crippen molar-refractivity contribution in [1.29, 1.82) is 0 Å². The molecule has 1 aromatic heterocycles. The molecule has 0 unspecified atom stereocenters. The molecule has 1 N–H and O–H groups in total. The smallest absolute Gasteiger partial charge is 0.393 e. The summed E-state index contributed by atoms with van der Waals surface area (Å²) in [5.41, 5.74) is -1.23. The summed E-state index contributed by atoms with van der Waals surface area (Å²) in [6, 6.07) is 0.694.